The SMILES string of the molecule is COc1cccc(CCNCC2CCC3(CCCC3)O2)c1. The van der Waals surface area contributed by atoms with Crippen molar-refractivity contribution in [1.82, 2.24) is 5.32 Å². The molecule has 0 amide bonds. The number of hydrogen-bond acceptors (Lipinski definition) is 3. The van der Waals surface area contributed by atoms with Crippen molar-refractivity contribution in [2.75, 3.05) is 20.2 Å². The van der Waals surface area contributed by atoms with Crippen LogP contribution in [0.1, 0.15) is 44.1 Å². The molecule has 1 heterocycles. The average molecular weight is 289 g/mol. The summed E-state index contributed by atoms with van der Waals surface area (Å²) in [5.41, 5.74) is 1.58. The van der Waals surface area contributed by atoms with E-state index >= 15 is 0 Å². The molecule has 0 bridgehead atoms. The van der Waals surface area contributed by atoms with Crippen LogP contribution in [-0.4, -0.2) is 31.9 Å². The molecule has 3 rings (SSSR count). The monoisotopic (exact) mass is 289 g/mol. The van der Waals surface area contributed by atoms with Crippen molar-refractivity contribution in [3.8, 4) is 5.75 Å². The largest absolute Gasteiger partial charge is 0.497 e. The predicted molar refractivity (Wildman–Crippen MR) is 84.9 cm³/mol. The van der Waals surface area contributed by atoms with Crippen molar-refractivity contribution in [3.05, 3.63) is 29.8 Å². The second kappa shape index (κ2) is 6.80. The molecule has 1 aliphatic carbocycles. The molecule has 0 aromatic heterocycles. The lowest BCUT2D eigenvalue weighted by Gasteiger charge is -2.23. The van der Waals surface area contributed by atoms with Crippen LogP contribution in [0.4, 0.5) is 0 Å². The van der Waals surface area contributed by atoms with Crippen LogP contribution >= 0.6 is 0 Å². The van der Waals surface area contributed by atoms with Crippen LogP contribution in [0.2, 0.25) is 0 Å². The first-order valence-corrected chi connectivity index (χ1v) is 8.31. The molecule has 1 unspecified atom stereocenters. The summed E-state index contributed by atoms with van der Waals surface area (Å²) in [7, 11) is 1.72. The van der Waals surface area contributed by atoms with Crippen LogP contribution < -0.4 is 10.1 Å². The fourth-order valence-corrected chi connectivity index (χ4v) is 3.75. The van der Waals surface area contributed by atoms with Crippen LogP contribution in [0.15, 0.2) is 24.3 Å². The van der Waals surface area contributed by atoms with Gasteiger partial charge in [0.1, 0.15) is 5.75 Å². The predicted octanol–water partition coefficient (Wildman–Crippen LogP) is 3.32. The van der Waals surface area contributed by atoms with E-state index in [2.05, 4.69) is 23.5 Å². The second-order valence-corrected chi connectivity index (χ2v) is 6.47. The van der Waals surface area contributed by atoms with Crippen LogP contribution in [0.25, 0.3) is 0 Å². The first-order chi connectivity index (χ1) is 10.3. The van der Waals surface area contributed by atoms with E-state index in [1.807, 2.05) is 6.07 Å². The molecule has 1 spiro atoms. The Kier molecular flexibility index (Phi) is 4.81. The van der Waals surface area contributed by atoms with Gasteiger partial charge in [0.15, 0.2) is 0 Å². The van der Waals surface area contributed by atoms with Crippen molar-refractivity contribution < 1.29 is 9.47 Å². The number of rotatable bonds is 6. The fraction of sp³-hybridized carbons (Fsp3) is 0.667. The number of hydrogen-bond donors (Lipinski definition) is 1. The highest BCUT2D eigenvalue weighted by atomic mass is 16.5. The fourth-order valence-electron chi connectivity index (χ4n) is 3.75. The van der Waals surface area contributed by atoms with Gasteiger partial charge in [-0.25, -0.2) is 0 Å². The molecule has 1 aromatic carbocycles. The van der Waals surface area contributed by atoms with Crippen LogP contribution in [0.3, 0.4) is 0 Å². The molecule has 3 nitrogen and oxygen atoms in total. The smallest absolute Gasteiger partial charge is 0.119 e. The Morgan fingerprint density at radius 3 is 2.95 bits per heavy atom. The van der Waals surface area contributed by atoms with Crippen molar-refractivity contribution >= 4 is 0 Å². The zero-order valence-corrected chi connectivity index (χ0v) is 13.1. The highest BCUT2D eigenvalue weighted by molar-refractivity contribution is 5.28. The normalized spacial score (nSPS) is 23.8. The average Bonchev–Trinajstić information content (AvgIpc) is 3.14. The van der Waals surface area contributed by atoms with Crippen molar-refractivity contribution in [3.63, 3.8) is 0 Å². The number of methoxy groups -OCH3 is 1. The molecule has 1 saturated heterocycles. The van der Waals surface area contributed by atoms with Gasteiger partial charge in [-0.2, -0.15) is 0 Å². The topological polar surface area (TPSA) is 30.5 Å². The Bertz CT molecular complexity index is 454. The second-order valence-electron chi connectivity index (χ2n) is 6.47. The summed E-state index contributed by atoms with van der Waals surface area (Å²) in [4.78, 5) is 0. The third-order valence-corrected chi connectivity index (χ3v) is 4.95. The van der Waals surface area contributed by atoms with E-state index < -0.39 is 0 Å². The van der Waals surface area contributed by atoms with E-state index in [1.165, 1.54) is 44.1 Å². The maximum atomic E-state index is 6.32. The molecule has 1 saturated carbocycles. The zero-order chi connectivity index (χ0) is 14.5. The van der Waals surface area contributed by atoms with Gasteiger partial charge in [-0.15, -0.1) is 0 Å². The molecular formula is C18H27NO2. The van der Waals surface area contributed by atoms with Gasteiger partial charge >= 0.3 is 0 Å². The Morgan fingerprint density at radius 2 is 2.14 bits per heavy atom. The molecule has 116 valence electrons. The van der Waals surface area contributed by atoms with Gasteiger partial charge in [0.2, 0.25) is 0 Å². The maximum Gasteiger partial charge on any atom is 0.119 e. The summed E-state index contributed by atoms with van der Waals surface area (Å²) >= 11 is 0. The summed E-state index contributed by atoms with van der Waals surface area (Å²) < 4.78 is 11.6. The van der Waals surface area contributed by atoms with Crippen molar-refractivity contribution in [2.24, 2.45) is 0 Å². The van der Waals surface area contributed by atoms with E-state index in [4.69, 9.17) is 9.47 Å². The molecule has 1 atom stereocenters. The highest BCUT2D eigenvalue weighted by Crippen LogP contribution is 2.43. The van der Waals surface area contributed by atoms with Crippen molar-refractivity contribution in [1.29, 1.82) is 0 Å². The van der Waals surface area contributed by atoms with Gasteiger partial charge in [-0.05, 0) is 56.3 Å². The van der Waals surface area contributed by atoms with Crippen LogP contribution in [-0.2, 0) is 11.2 Å². The first-order valence-electron chi connectivity index (χ1n) is 8.31. The summed E-state index contributed by atoms with van der Waals surface area (Å²) in [6.45, 7) is 1.99. The standard InChI is InChI=1S/C18H27NO2/c1-20-16-6-4-5-15(13-16)8-12-19-14-17-7-11-18(21-17)9-2-3-10-18/h4-6,13,17,19H,2-3,7-12,14H2,1H3. The maximum absolute atomic E-state index is 6.32. The van der Waals surface area contributed by atoms with Crippen molar-refractivity contribution in [2.45, 2.75) is 56.7 Å². The Balaban J connectivity index is 1.37. The Morgan fingerprint density at radius 1 is 1.29 bits per heavy atom. The summed E-state index contributed by atoms with van der Waals surface area (Å²) in [6, 6.07) is 8.31. The summed E-state index contributed by atoms with van der Waals surface area (Å²) in [5.74, 6) is 0.940. The van der Waals surface area contributed by atoms with Gasteiger partial charge in [0, 0.05) is 6.54 Å². The molecule has 21 heavy (non-hydrogen) atoms. The molecule has 1 aromatic rings. The van der Waals surface area contributed by atoms with E-state index in [9.17, 15) is 0 Å². The highest BCUT2D eigenvalue weighted by Gasteiger charge is 2.41. The Hall–Kier alpha value is -1.06. The van der Waals surface area contributed by atoms with Gasteiger partial charge < -0.3 is 14.8 Å². The molecule has 3 heteroatoms. The third kappa shape index (κ3) is 3.78. The zero-order valence-electron chi connectivity index (χ0n) is 13.1. The first kappa shape index (κ1) is 14.9. The van der Waals surface area contributed by atoms with Crippen LogP contribution in [0, 0.1) is 0 Å². The minimum absolute atomic E-state index is 0.263. The molecule has 2 aliphatic rings. The van der Waals surface area contributed by atoms with Gasteiger partial charge in [-0.3, -0.25) is 0 Å². The number of benzene rings is 1. The Labute approximate surface area is 128 Å². The summed E-state index contributed by atoms with van der Waals surface area (Å²) in [6.07, 6.45) is 9.25. The summed E-state index contributed by atoms with van der Waals surface area (Å²) in [5, 5.41) is 3.55. The lowest BCUT2D eigenvalue weighted by Crippen LogP contribution is -2.31. The lowest BCUT2D eigenvalue weighted by molar-refractivity contribution is -0.0349. The van der Waals surface area contributed by atoms with Crippen LogP contribution in [0.5, 0.6) is 5.75 Å². The lowest BCUT2D eigenvalue weighted by atomic mass is 9.98. The molecule has 1 aliphatic heterocycles. The van der Waals surface area contributed by atoms with E-state index in [0.29, 0.717) is 6.10 Å². The van der Waals surface area contributed by atoms with E-state index in [1.54, 1.807) is 7.11 Å². The number of ether oxygens (including phenoxy) is 2. The molecule has 1 N–H and O–H groups in total. The minimum Gasteiger partial charge on any atom is -0.497 e. The van der Waals surface area contributed by atoms with Gasteiger partial charge in [0.05, 0.1) is 18.8 Å². The minimum atomic E-state index is 0.263. The van der Waals surface area contributed by atoms with E-state index in [0.717, 1.165) is 25.3 Å². The van der Waals surface area contributed by atoms with Gasteiger partial charge in [0.25, 0.3) is 0 Å². The third-order valence-electron chi connectivity index (χ3n) is 4.95. The van der Waals surface area contributed by atoms with E-state index in [-0.39, 0.29) is 5.60 Å². The molecular weight excluding hydrogens is 262 g/mol. The van der Waals surface area contributed by atoms with Gasteiger partial charge in [-0.1, -0.05) is 25.0 Å². The molecule has 2 fully saturated rings. The number of nitrogens with one attached hydrogen (secondary N) is 1. The molecule has 0 radical (unpaired) electrons. The quantitative estimate of drug-likeness (QED) is 0.815.